The fourth-order valence-electron chi connectivity index (χ4n) is 4.84. The van der Waals surface area contributed by atoms with Crippen molar-refractivity contribution in [2.45, 2.75) is 90.5 Å². The number of rotatable bonds is 7. The Morgan fingerprint density at radius 1 is 1.23 bits per heavy atom. The summed E-state index contributed by atoms with van der Waals surface area (Å²) in [6, 6.07) is 4.44. The molecule has 3 rings (SSSR count). The SMILES string of the molecule is CCCCCc1cc2c(c(O[Si](C)(C)C)c1)[C@@H]1C=C(C(=O)OC)CC[C@H]1C(C)(C)O2. The highest BCUT2D eigenvalue weighted by atomic mass is 28.4. The molecule has 30 heavy (non-hydrogen) atoms. The summed E-state index contributed by atoms with van der Waals surface area (Å²) in [6.45, 7) is 13.2. The van der Waals surface area contributed by atoms with Crippen LogP contribution in [0.3, 0.4) is 0 Å². The first kappa shape index (κ1) is 22.9. The van der Waals surface area contributed by atoms with Gasteiger partial charge in [-0.15, -0.1) is 0 Å². The van der Waals surface area contributed by atoms with Crippen molar-refractivity contribution in [2.75, 3.05) is 7.11 Å². The number of allylic oxidation sites excluding steroid dienone is 1. The van der Waals surface area contributed by atoms with E-state index in [1.807, 2.05) is 0 Å². The molecule has 4 nitrogen and oxygen atoms in total. The van der Waals surface area contributed by atoms with Crippen molar-refractivity contribution < 1.29 is 18.7 Å². The van der Waals surface area contributed by atoms with Gasteiger partial charge in [-0.3, -0.25) is 0 Å². The Labute approximate surface area is 183 Å². The van der Waals surface area contributed by atoms with Gasteiger partial charge in [0.15, 0.2) is 0 Å². The summed E-state index contributed by atoms with van der Waals surface area (Å²) in [5.74, 6) is 2.05. The summed E-state index contributed by atoms with van der Waals surface area (Å²) in [5.41, 5.74) is 2.86. The van der Waals surface area contributed by atoms with Gasteiger partial charge < -0.3 is 13.9 Å². The summed E-state index contributed by atoms with van der Waals surface area (Å²) < 4.78 is 18.2. The molecule has 5 heteroatoms. The van der Waals surface area contributed by atoms with E-state index in [2.05, 4.69) is 58.6 Å². The predicted molar refractivity (Wildman–Crippen MR) is 124 cm³/mol. The number of methoxy groups -OCH3 is 1. The summed E-state index contributed by atoms with van der Waals surface area (Å²) in [6.07, 6.45) is 8.39. The van der Waals surface area contributed by atoms with Gasteiger partial charge in [-0.2, -0.15) is 0 Å². The van der Waals surface area contributed by atoms with Crippen molar-refractivity contribution >= 4 is 14.3 Å². The Hall–Kier alpha value is -1.75. The maximum Gasteiger partial charge on any atom is 0.333 e. The monoisotopic (exact) mass is 430 g/mol. The minimum Gasteiger partial charge on any atom is -0.544 e. The summed E-state index contributed by atoms with van der Waals surface area (Å²) in [7, 11) is -0.366. The van der Waals surface area contributed by atoms with Crippen LogP contribution in [0.5, 0.6) is 11.5 Å². The van der Waals surface area contributed by atoms with E-state index in [4.69, 9.17) is 13.9 Å². The van der Waals surface area contributed by atoms with E-state index in [-0.39, 0.29) is 17.5 Å². The van der Waals surface area contributed by atoms with Crippen LogP contribution in [-0.4, -0.2) is 27.0 Å². The second kappa shape index (κ2) is 8.78. The van der Waals surface area contributed by atoms with Crippen molar-refractivity contribution in [2.24, 2.45) is 5.92 Å². The second-order valence-corrected chi connectivity index (χ2v) is 14.7. The number of fused-ring (bicyclic) bond motifs is 3. The fourth-order valence-corrected chi connectivity index (χ4v) is 5.67. The molecule has 1 aliphatic carbocycles. The van der Waals surface area contributed by atoms with Gasteiger partial charge in [0.1, 0.15) is 17.1 Å². The number of carbonyl (C=O) groups is 1. The average molecular weight is 431 g/mol. The third-order valence-corrected chi connectivity index (χ3v) is 7.07. The van der Waals surface area contributed by atoms with Crippen LogP contribution in [0.25, 0.3) is 0 Å². The normalized spacial score (nSPS) is 22.3. The van der Waals surface area contributed by atoms with E-state index in [9.17, 15) is 4.79 Å². The minimum atomic E-state index is -1.82. The molecule has 0 amide bonds. The Balaban J connectivity index is 2.12. The summed E-state index contributed by atoms with van der Waals surface area (Å²) in [5, 5.41) is 0. The molecule has 0 aromatic heterocycles. The molecular formula is C25H38O4Si. The largest absolute Gasteiger partial charge is 0.544 e. The number of benzene rings is 1. The zero-order valence-electron chi connectivity index (χ0n) is 19.8. The fraction of sp³-hybridized carbons (Fsp3) is 0.640. The minimum absolute atomic E-state index is 0.0997. The quantitative estimate of drug-likeness (QED) is 0.285. The topological polar surface area (TPSA) is 44.8 Å². The first-order valence-electron chi connectivity index (χ1n) is 11.4. The van der Waals surface area contributed by atoms with Crippen LogP contribution >= 0.6 is 0 Å². The third-order valence-electron chi connectivity index (χ3n) is 6.23. The molecule has 166 valence electrons. The van der Waals surface area contributed by atoms with Crippen molar-refractivity contribution in [3.63, 3.8) is 0 Å². The van der Waals surface area contributed by atoms with Gasteiger partial charge in [0.05, 0.1) is 7.11 Å². The molecule has 1 aliphatic heterocycles. The van der Waals surface area contributed by atoms with E-state index in [0.717, 1.165) is 41.9 Å². The highest BCUT2D eigenvalue weighted by Crippen LogP contribution is 2.54. The lowest BCUT2D eigenvalue weighted by Crippen LogP contribution is -2.46. The number of aryl methyl sites for hydroxylation is 1. The maximum atomic E-state index is 12.3. The van der Waals surface area contributed by atoms with Gasteiger partial charge in [-0.1, -0.05) is 25.8 Å². The highest BCUT2D eigenvalue weighted by molar-refractivity contribution is 6.70. The van der Waals surface area contributed by atoms with Gasteiger partial charge >= 0.3 is 5.97 Å². The number of esters is 1. The molecule has 0 fully saturated rings. The van der Waals surface area contributed by atoms with Crippen LogP contribution in [0.2, 0.25) is 19.6 Å². The van der Waals surface area contributed by atoms with E-state index in [1.54, 1.807) is 0 Å². The van der Waals surface area contributed by atoms with E-state index in [1.165, 1.54) is 31.9 Å². The van der Waals surface area contributed by atoms with E-state index >= 15 is 0 Å². The Morgan fingerprint density at radius 3 is 2.60 bits per heavy atom. The molecule has 0 saturated heterocycles. The third kappa shape index (κ3) is 4.93. The molecule has 0 unspecified atom stereocenters. The molecule has 1 heterocycles. The molecule has 1 aromatic rings. The van der Waals surface area contributed by atoms with Gasteiger partial charge in [-0.25, -0.2) is 4.79 Å². The molecule has 2 atom stereocenters. The lowest BCUT2D eigenvalue weighted by atomic mass is 9.67. The van der Waals surface area contributed by atoms with Crippen LogP contribution in [-0.2, 0) is 16.0 Å². The van der Waals surface area contributed by atoms with Crippen LogP contribution in [0.4, 0.5) is 0 Å². The summed E-state index contributed by atoms with van der Waals surface area (Å²) >= 11 is 0. The molecule has 2 aliphatic rings. The van der Waals surface area contributed by atoms with E-state index in [0.29, 0.717) is 5.92 Å². The molecule has 0 N–H and O–H groups in total. The first-order valence-corrected chi connectivity index (χ1v) is 14.8. The second-order valence-electron chi connectivity index (χ2n) is 10.2. The van der Waals surface area contributed by atoms with Crippen molar-refractivity contribution in [1.29, 1.82) is 0 Å². The molecule has 0 bridgehead atoms. The van der Waals surface area contributed by atoms with Gasteiger partial charge in [0.25, 0.3) is 0 Å². The summed E-state index contributed by atoms with van der Waals surface area (Å²) in [4.78, 5) is 12.3. The zero-order chi connectivity index (χ0) is 22.1. The number of ether oxygens (including phenoxy) is 2. The van der Waals surface area contributed by atoms with Crippen molar-refractivity contribution in [3.8, 4) is 11.5 Å². The Kier molecular flexibility index (Phi) is 6.71. The predicted octanol–water partition coefficient (Wildman–Crippen LogP) is 6.40. The van der Waals surface area contributed by atoms with Crippen LogP contribution < -0.4 is 9.16 Å². The van der Waals surface area contributed by atoms with Crippen LogP contribution in [0, 0.1) is 5.92 Å². The average Bonchev–Trinajstić information content (AvgIpc) is 2.65. The van der Waals surface area contributed by atoms with E-state index < -0.39 is 8.32 Å². The van der Waals surface area contributed by atoms with Gasteiger partial charge in [-0.05, 0) is 76.9 Å². The van der Waals surface area contributed by atoms with Crippen LogP contribution in [0.15, 0.2) is 23.8 Å². The standard InChI is InChI=1S/C25H38O4Si/c1-8-9-10-11-17-14-21-23(22(15-17)29-30(5,6)7)19-16-18(24(26)27-4)12-13-20(19)25(2,3)28-21/h14-16,19-20H,8-13H2,1-7H3/t19-,20-/m1/s1. The van der Waals surface area contributed by atoms with Crippen molar-refractivity contribution in [3.05, 3.63) is 34.9 Å². The molecule has 0 spiro atoms. The van der Waals surface area contributed by atoms with Gasteiger partial charge in [0, 0.05) is 23.0 Å². The number of hydrogen-bond donors (Lipinski definition) is 0. The Bertz CT molecular complexity index is 819. The zero-order valence-corrected chi connectivity index (χ0v) is 20.8. The smallest absolute Gasteiger partial charge is 0.333 e. The van der Waals surface area contributed by atoms with Crippen LogP contribution in [0.1, 0.15) is 69.9 Å². The lowest BCUT2D eigenvalue weighted by Gasteiger charge is -2.47. The van der Waals surface area contributed by atoms with Crippen molar-refractivity contribution in [1.82, 2.24) is 0 Å². The number of carbonyl (C=O) groups excluding carboxylic acids is 1. The number of unbranched alkanes of at least 4 members (excludes halogenated alkanes) is 2. The molecule has 1 aromatic carbocycles. The first-order chi connectivity index (χ1) is 14.1. The molecule has 0 radical (unpaired) electrons. The van der Waals surface area contributed by atoms with Gasteiger partial charge in [0.2, 0.25) is 8.32 Å². The molecular weight excluding hydrogens is 392 g/mol. The highest BCUT2D eigenvalue weighted by Gasteiger charge is 2.46. The Morgan fingerprint density at radius 2 is 1.97 bits per heavy atom. The maximum absolute atomic E-state index is 12.3. The number of hydrogen-bond acceptors (Lipinski definition) is 4. The molecule has 0 saturated carbocycles. The lowest BCUT2D eigenvalue weighted by molar-refractivity contribution is -0.136.